The van der Waals surface area contributed by atoms with Gasteiger partial charge in [-0.05, 0) is 37.6 Å². The molecule has 3 aromatic rings. The Morgan fingerprint density at radius 3 is 2.59 bits per heavy atom. The first-order chi connectivity index (χ1) is 14.1. The van der Waals surface area contributed by atoms with E-state index in [-0.39, 0.29) is 11.8 Å². The molecular formula is C24H25N3O2. The van der Waals surface area contributed by atoms with Crippen LogP contribution in [0.1, 0.15) is 25.8 Å². The molecule has 1 atom stereocenters. The summed E-state index contributed by atoms with van der Waals surface area (Å²) in [7, 11) is 0. The second kappa shape index (κ2) is 9.64. The van der Waals surface area contributed by atoms with Crippen LogP contribution in [0.4, 0.5) is 5.69 Å². The zero-order chi connectivity index (χ0) is 20.6. The summed E-state index contributed by atoms with van der Waals surface area (Å²) < 4.78 is 0. The maximum atomic E-state index is 12.9. The number of rotatable bonds is 7. The summed E-state index contributed by atoms with van der Waals surface area (Å²) in [5.74, 6) is -0.409. The van der Waals surface area contributed by atoms with Crippen LogP contribution in [-0.4, -0.2) is 34.3 Å². The molecular weight excluding hydrogens is 362 g/mol. The molecule has 0 saturated heterocycles. The highest BCUT2D eigenvalue weighted by atomic mass is 16.2. The van der Waals surface area contributed by atoms with Crippen molar-refractivity contribution in [2.75, 3.05) is 11.9 Å². The predicted octanol–water partition coefficient (Wildman–Crippen LogP) is 4.51. The van der Waals surface area contributed by atoms with Crippen molar-refractivity contribution in [1.82, 2.24) is 9.88 Å². The first kappa shape index (κ1) is 20.3. The number of amides is 2. The van der Waals surface area contributed by atoms with Gasteiger partial charge in [-0.1, -0.05) is 49.4 Å². The number of hydrogen-bond donors (Lipinski definition) is 1. The number of para-hydroxylation sites is 2. The van der Waals surface area contributed by atoms with Crippen molar-refractivity contribution in [3.63, 3.8) is 0 Å². The Balaban J connectivity index is 1.76. The number of pyridine rings is 1. The molecule has 148 valence electrons. The Morgan fingerprint density at radius 2 is 1.83 bits per heavy atom. The number of carbonyl (C=O) groups excluding carboxylic acids is 2. The first-order valence-corrected chi connectivity index (χ1v) is 9.78. The highest BCUT2D eigenvalue weighted by molar-refractivity contribution is 6.00. The maximum Gasteiger partial charge on any atom is 0.247 e. The monoisotopic (exact) mass is 387 g/mol. The molecule has 1 heterocycles. The third-order valence-corrected chi connectivity index (χ3v) is 4.71. The SMILES string of the molecule is CCCN(C(=O)/C=C/c1cccc2cccnc12)C(C)C(=O)Nc1ccccc1. The van der Waals surface area contributed by atoms with Crippen LogP contribution in [0.5, 0.6) is 0 Å². The van der Waals surface area contributed by atoms with Gasteiger partial charge in [-0.15, -0.1) is 0 Å². The van der Waals surface area contributed by atoms with E-state index in [0.717, 1.165) is 22.9 Å². The molecule has 5 heteroatoms. The zero-order valence-electron chi connectivity index (χ0n) is 16.7. The highest BCUT2D eigenvalue weighted by Gasteiger charge is 2.24. The van der Waals surface area contributed by atoms with E-state index in [0.29, 0.717) is 12.2 Å². The molecule has 29 heavy (non-hydrogen) atoms. The molecule has 0 fully saturated rings. The minimum atomic E-state index is -0.585. The van der Waals surface area contributed by atoms with Crippen LogP contribution in [-0.2, 0) is 9.59 Å². The summed E-state index contributed by atoms with van der Waals surface area (Å²) in [6.07, 6.45) is 5.78. The summed E-state index contributed by atoms with van der Waals surface area (Å²) in [4.78, 5) is 31.5. The van der Waals surface area contributed by atoms with Gasteiger partial charge in [-0.3, -0.25) is 14.6 Å². The second-order valence-corrected chi connectivity index (χ2v) is 6.82. The van der Waals surface area contributed by atoms with Crippen molar-refractivity contribution in [1.29, 1.82) is 0 Å². The molecule has 0 aliphatic rings. The van der Waals surface area contributed by atoms with E-state index >= 15 is 0 Å². The van der Waals surface area contributed by atoms with Crippen LogP contribution in [0, 0.1) is 0 Å². The van der Waals surface area contributed by atoms with E-state index in [2.05, 4.69) is 10.3 Å². The van der Waals surface area contributed by atoms with Crippen LogP contribution in [0.3, 0.4) is 0 Å². The summed E-state index contributed by atoms with van der Waals surface area (Å²) in [5, 5.41) is 3.88. The smallest absolute Gasteiger partial charge is 0.247 e. The van der Waals surface area contributed by atoms with Crippen molar-refractivity contribution >= 4 is 34.5 Å². The number of nitrogens with one attached hydrogen (secondary N) is 1. The number of anilines is 1. The fraction of sp³-hybridized carbons (Fsp3) is 0.208. The Hall–Kier alpha value is -3.47. The van der Waals surface area contributed by atoms with Crippen LogP contribution >= 0.6 is 0 Å². The molecule has 3 rings (SSSR count). The molecule has 0 aliphatic carbocycles. The molecule has 0 radical (unpaired) electrons. The number of carbonyl (C=O) groups is 2. The van der Waals surface area contributed by atoms with Gasteiger partial charge in [0.1, 0.15) is 6.04 Å². The van der Waals surface area contributed by atoms with E-state index in [1.165, 1.54) is 6.08 Å². The molecule has 0 saturated carbocycles. The van der Waals surface area contributed by atoms with E-state index < -0.39 is 6.04 Å². The van der Waals surface area contributed by atoms with Crippen LogP contribution in [0.15, 0.2) is 72.9 Å². The van der Waals surface area contributed by atoms with E-state index in [9.17, 15) is 9.59 Å². The lowest BCUT2D eigenvalue weighted by Gasteiger charge is -2.27. The van der Waals surface area contributed by atoms with Gasteiger partial charge in [-0.25, -0.2) is 0 Å². The van der Waals surface area contributed by atoms with E-state index in [1.807, 2.05) is 67.6 Å². The topological polar surface area (TPSA) is 62.3 Å². The fourth-order valence-electron chi connectivity index (χ4n) is 3.16. The number of nitrogens with zero attached hydrogens (tertiary/aromatic N) is 2. The minimum Gasteiger partial charge on any atom is -0.327 e. The summed E-state index contributed by atoms with van der Waals surface area (Å²) in [6, 6.07) is 18.4. The average molecular weight is 387 g/mol. The lowest BCUT2D eigenvalue weighted by Crippen LogP contribution is -2.45. The third kappa shape index (κ3) is 5.08. The third-order valence-electron chi connectivity index (χ3n) is 4.71. The summed E-state index contributed by atoms with van der Waals surface area (Å²) in [6.45, 7) is 4.24. The molecule has 0 spiro atoms. The van der Waals surface area contributed by atoms with Gasteiger partial charge in [0.05, 0.1) is 5.52 Å². The van der Waals surface area contributed by atoms with Crippen molar-refractivity contribution in [3.05, 3.63) is 78.5 Å². The fourth-order valence-corrected chi connectivity index (χ4v) is 3.16. The molecule has 2 amide bonds. The molecule has 1 N–H and O–H groups in total. The van der Waals surface area contributed by atoms with Crippen LogP contribution in [0.25, 0.3) is 17.0 Å². The highest BCUT2D eigenvalue weighted by Crippen LogP contribution is 2.17. The molecule has 2 aromatic carbocycles. The average Bonchev–Trinajstić information content (AvgIpc) is 2.76. The molecule has 1 unspecified atom stereocenters. The van der Waals surface area contributed by atoms with Crippen molar-refractivity contribution in [2.24, 2.45) is 0 Å². The van der Waals surface area contributed by atoms with Crippen LogP contribution < -0.4 is 5.32 Å². The van der Waals surface area contributed by atoms with E-state index in [1.54, 1.807) is 24.1 Å². The van der Waals surface area contributed by atoms with Crippen molar-refractivity contribution in [2.45, 2.75) is 26.3 Å². The van der Waals surface area contributed by atoms with Crippen molar-refractivity contribution in [3.8, 4) is 0 Å². The zero-order valence-corrected chi connectivity index (χ0v) is 16.7. The molecule has 0 aliphatic heterocycles. The molecule has 0 bridgehead atoms. The Labute approximate surface area is 171 Å². The lowest BCUT2D eigenvalue weighted by molar-refractivity contribution is -0.134. The Morgan fingerprint density at radius 1 is 1.07 bits per heavy atom. The standard InChI is InChI=1S/C24H25N3O2/c1-3-17-27(18(2)24(29)26-21-12-5-4-6-13-21)22(28)15-14-20-10-7-9-19-11-8-16-25-23(19)20/h4-16,18H,3,17H2,1-2H3,(H,26,29)/b15-14+. The van der Waals surface area contributed by atoms with Gasteiger partial charge >= 0.3 is 0 Å². The van der Waals surface area contributed by atoms with Gasteiger partial charge in [0, 0.05) is 35.5 Å². The maximum absolute atomic E-state index is 12.9. The van der Waals surface area contributed by atoms with Gasteiger partial charge in [0.15, 0.2) is 0 Å². The predicted molar refractivity (Wildman–Crippen MR) is 117 cm³/mol. The van der Waals surface area contributed by atoms with Crippen molar-refractivity contribution < 1.29 is 9.59 Å². The Bertz CT molecular complexity index is 1010. The number of fused-ring (bicyclic) bond motifs is 1. The van der Waals surface area contributed by atoms with Gasteiger partial charge in [0.2, 0.25) is 11.8 Å². The normalized spacial score (nSPS) is 12.1. The first-order valence-electron chi connectivity index (χ1n) is 9.78. The van der Waals surface area contributed by atoms with Gasteiger partial charge in [0.25, 0.3) is 0 Å². The molecule has 1 aromatic heterocycles. The summed E-state index contributed by atoms with van der Waals surface area (Å²) in [5.41, 5.74) is 2.43. The second-order valence-electron chi connectivity index (χ2n) is 6.82. The number of benzene rings is 2. The Kier molecular flexibility index (Phi) is 6.74. The quantitative estimate of drug-likeness (QED) is 0.607. The van der Waals surface area contributed by atoms with Gasteiger partial charge < -0.3 is 10.2 Å². The largest absolute Gasteiger partial charge is 0.327 e. The number of hydrogen-bond acceptors (Lipinski definition) is 3. The molecule has 5 nitrogen and oxygen atoms in total. The van der Waals surface area contributed by atoms with Gasteiger partial charge in [-0.2, -0.15) is 0 Å². The lowest BCUT2D eigenvalue weighted by atomic mass is 10.1. The number of aromatic nitrogens is 1. The summed E-state index contributed by atoms with van der Waals surface area (Å²) >= 11 is 0. The van der Waals surface area contributed by atoms with E-state index in [4.69, 9.17) is 0 Å². The minimum absolute atomic E-state index is 0.199. The van der Waals surface area contributed by atoms with Crippen LogP contribution in [0.2, 0.25) is 0 Å².